The zero-order valence-electron chi connectivity index (χ0n) is 14.8. The van der Waals surface area contributed by atoms with Crippen molar-refractivity contribution < 1.29 is 14.5 Å². The number of hydrogen-bond donors (Lipinski definition) is 2. The molecule has 0 bridgehead atoms. The Bertz CT molecular complexity index is 859. The summed E-state index contributed by atoms with van der Waals surface area (Å²) in [7, 11) is 1.61. The Morgan fingerprint density at radius 3 is 2.35 bits per heavy atom. The maximum atomic E-state index is 12.4. The van der Waals surface area contributed by atoms with Gasteiger partial charge in [0.1, 0.15) is 0 Å². The number of nitro groups is 1. The number of nitro benzene ring substituents is 1. The largest absolute Gasteiger partial charge is 0.366 e. The summed E-state index contributed by atoms with van der Waals surface area (Å²) in [6.07, 6.45) is 0. The van der Waals surface area contributed by atoms with Crippen LogP contribution in [0.1, 0.15) is 21.5 Å². The number of nitrogens with zero attached hydrogens (tertiary/aromatic N) is 2. The van der Waals surface area contributed by atoms with Crippen molar-refractivity contribution in [1.82, 2.24) is 0 Å². The van der Waals surface area contributed by atoms with Gasteiger partial charge in [-0.2, -0.15) is 0 Å². The van der Waals surface area contributed by atoms with Crippen molar-refractivity contribution in [1.29, 1.82) is 0 Å². The maximum absolute atomic E-state index is 12.4. The van der Waals surface area contributed by atoms with Crippen LogP contribution < -0.4 is 16.0 Å². The molecule has 0 spiro atoms. The fourth-order valence-corrected chi connectivity index (χ4v) is 2.66. The molecule has 0 aliphatic rings. The molecule has 3 N–H and O–H groups in total. The van der Waals surface area contributed by atoms with Crippen molar-refractivity contribution in [3.05, 3.63) is 63.2 Å². The van der Waals surface area contributed by atoms with E-state index in [1.54, 1.807) is 7.05 Å². The van der Waals surface area contributed by atoms with Crippen LogP contribution in [0.25, 0.3) is 0 Å². The summed E-state index contributed by atoms with van der Waals surface area (Å²) in [5.74, 6) is -1.08. The van der Waals surface area contributed by atoms with E-state index in [1.807, 2.05) is 32.0 Å². The third-order valence-corrected chi connectivity index (χ3v) is 3.99. The number of benzene rings is 2. The molecule has 26 heavy (non-hydrogen) atoms. The highest BCUT2D eigenvalue weighted by Gasteiger charge is 2.19. The van der Waals surface area contributed by atoms with Crippen LogP contribution in [0.5, 0.6) is 0 Å². The number of non-ortho nitro benzene ring substituents is 1. The van der Waals surface area contributed by atoms with Crippen LogP contribution in [-0.2, 0) is 4.79 Å². The summed E-state index contributed by atoms with van der Waals surface area (Å²) in [4.78, 5) is 35.8. The Labute approximate surface area is 150 Å². The van der Waals surface area contributed by atoms with E-state index in [0.29, 0.717) is 5.69 Å². The van der Waals surface area contributed by atoms with E-state index in [4.69, 9.17) is 5.73 Å². The molecule has 2 aromatic carbocycles. The second-order valence-electron chi connectivity index (χ2n) is 5.99. The van der Waals surface area contributed by atoms with Gasteiger partial charge in [-0.3, -0.25) is 19.7 Å². The van der Waals surface area contributed by atoms with E-state index in [-0.39, 0.29) is 23.7 Å². The molecule has 8 heteroatoms. The van der Waals surface area contributed by atoms with Crippen molar-refractivity contribution in [3.63, 3.8) is 0 Å². The quantitative estimate of drug-likeness (QED) is 0.608. The van der Waals surface area contributed by atoms with Gasteiger partial charge in [0.05, 0.1) is 22.7 Å². The van der Waals surface area contributed by atoms with Crippen molar-refractivity contribution in [2.75, 3.05) is 23.8 Å². The molecule has 2 aromatic rings. The standard InChI is InChI=1S/C18H20N4O4/c1-11-5-4-6-12(2)17(11)20-16(23)10-21(3)15-8-7-13(22(25)26)9-14(15)18(19)24/h4-9H,10H2,1-3H3,(H2,19,24)(H,20,23). The molecular formula is C18H20N4O4. The molecule has 0 saturated carbocycles. The molecule has 0 aliphatic carbocycles. The third-order valence-electron chi connectivity index (χ3n) is 3.99. The van der Waals surface area contributed by atoms with Crippen LogP contribution in [0, 0.1) is 24.0 Å². The van der Waals surface area contributed by atoms with Crippen LogP contribution in [0.15, 0.2) is 36.4 Å². The average molecular weight is 356 g/mol. The normalized spacial score (nSPS) is 10.3. The van der Waals surface area contributed by atoms with Crippen molar-refractivity contribution >= 4 is 28.9 Å². The lowest BCUT2D eigenvalue weighted by atomic mass is 10.1. The first-order valence-electron chi connectivity index (χ1n) is 7.86. The fraction of sp³-hybridized carbons (Fsp3) is 0.222. The van der Waals surface area contributed by atoms with Crippen molar-refractivity contribution in [3.8, 4) is 0 Å². The van der Waals surface area contributed by atoms with Gasteiger partial charge in [-0.05, 0) is 31.0 Å². The topological polar surface area (TPSA) is 119 Å². The summed E-state index contributed by atoms with van der Waals surface area (Å²) < 4.78 is 0. The first-order valence-corrected chi connectivity index (χ1v) is 7.86. The summed E-state index contributed by atoms with van der Waals surface area (Å²) in [6.45, 7) is 3.74. The van der Waals surface area contributed by atoms with Crippen LogP contribution >= 0.6 is 0 Å². The van der Waals surface area contributed by atoms with Crippen molar-refractivity contribution in [2.24, 2.45) is 5.73 Å². The maximum Gasteiger partial charge on any atom is 0.270 e. The first kappa shape index (κ1) is 18.9. The highest BCUT2D eigenvalue weighted by atomic mass is 16.6. The minimum Gasteiger partial charge on any atom is -0.366 e. The second kappa shape index (κ2) is 7.64. The number of nitrogens with one attached hydrogen (secondary N) is 1. The minimum absolute atomic E-state index is 0.0124. The predicted molar refractivity (Wildman–Crippen MR) is 99.4 cm³/mol. The number of likely N-dealkylation sites (N-methyl/N-ethyl adjacent to an activating group) is 1. The van der Waals surface area contributed by atoms with Crippen LogP contribution in [0.3, 0.4) is 0 Å². The molecule has 0 saturated heterocycles. The molecule has 136 valence electrons. The molecule has 0 aromatic heterocycles. The Hall–Kier alpha value is -3.42. The number of primary amides is 1. The number of carbonyl (C=O) groups is 2. The van der Waals surface area contributed by atoms with Crippen LogP contribution in [0.2, 0.25) is 0 Å². The summed E-state index contributed by atoms with van der Waals surface area (Å²) >= 11 is 0. The minimum atomic E-state index is -0.800. The lowest BCUT2D eigenvalue weighted by Crippen LogP contribution is -2.32. The second-order valence-corrected chi connectivity index (χ2v) is 5.99. The Morgan fingerprint density at radius 1 is 1.19 bits per heavy atom. The van der Waals surface area contributed by atoms with Gasteiger partial charge in [0.25, 0.3) is 11.6 Å². The van der Waals surface area contributed by atoms with E-state index >= 15 is 0 Å². The summed E-state index contributed by atoms with van der Waals surface area (Å²) in [6, 6.07) is 9.48. The van der Waals surface area contributed by atoms with Crippen LogP contribution in [-0.4, -0.2) is 30.3 Å². The molecule has 2 amide bonds. The van der Waals surface area contributed by atoms with E-state index in [1.165, 1.54) is 17.0 Å². The van der Waals surface area contributed by atoms with Crippen LogP contribution in [0.4, 0.5) is 17.1 Å². The number of nitrogens with two attached hydrogens (primary N) is 1. The van der Waals surface area contributed by atoms with Gasteiger partial charge in [-0.1, -0.05) is 18.2 Å². The number of anilines is 2. The van der Waals surface area contributed by atoms with E-state index in [0.717, 1.165) is 22.9 Å². The molecule has 0 heterocycles. The van der Waals surface area contributed by atoms with Gasteiger partial charge in [-0.25, -0.2) is 0 Å². The molecule has 0 atom stereocenters. The first-order chi connectivity index (χ1) is 12.2. The summed E-state index contributed by atoms with van der Waals surface area (Å²) in [5.41, 5.74) is 8.04. The molecule has 0 aliphatic heterocycles. The van der Waals surface area contributed by atoms with Crippen molar-refractivity contribution in [2.45, 2.75) is 13.8 Å². The lowest BCUT2D eigenvalue weighted by Gasteiger charge is -2.21. The number of rotatable bonds is 6. The van der Waals surface area contributed by atoms with E-state index in [2.05, 4.69) is 5.32 Å². The Kier molecular flexibility index (Phi) is 5.56. The summed E-state index contributed by atoms with van der Waals surface area (Å²) in [5, 5.41) is 13.7. The SMILES string of the molecule is Cc1cccc(C)c1NC(=O)CN(C)c1ccc([N+](=O)[O-])cc1C(N)=O. The smallest absolute Gasteiger partial charge is 0.270 e. The van der Waals surface area contributed by atoms with E-state index < -0.39 is 10.8 Å². The number of aryl methyl sites for hydroxylation is 2. The zero-order valence-corrected chi connectivity index (χ0v) is 14.8. The number of amides is 2. The average Bonchev–Trinajstić information content (AvgIpc) is 2.57. The Balaban J connectivity index is 2.21. The molecule has 0 fully saturated rings. The number of para-hydroxylation sites is 1. The molecule has 8 nitrogen and oxygen atoms in total. The predicted octanol–water partition coefficient (Wildman–Crippen LogP) is 2.39. The fourth-order valence-electron chi connectivity index (χ4n) is 2.66. The highest BCUT2D eigenvalue weighted by Crippen LogP contribution is 2.25. The van der Waals surface area contributed by atoms with Gasteiger partial charge in [-0.15, -0.1) is 0 Å². The molecule has 2 rings (SSSR count). The number of carbonyl (C=O) groups excluding carboxylic acids is 2. The van der Waals surface area contributed by atoms with E-state index in [9.17, 15) is 19.7 Å². The van der Waals surface area contributed by atoms with Gasteiger partial charge in [0, 0.05) is 24.9 Å². The highest BCUT2D eigenvalue weighted by molar-refractivity contribution is 6.01. The van der Waals surface area contributed by atoms with Gasteiger partial charge in [0.2, 0.25) is 5.91 Å². The monoisotopic (exact) mass is 356 g/mol. The number of hydrogen-bond acceptors (Lipinski definition) is 5. The lowest BCUT2D eigenvalue weighted by molar-refractivity contribution is -0.384. The van der Waals surface area contributed by atoms with Gasteiger partial charge in [0.15, 0.2) is 0 Å². The zero-order chi connectivity index (χ0) is 19.4. The molecular weight excluding hydrogens is 336 g/mol. The molecule has 0 radical (unpaired) electrons. The van der Waals surface area contributed by atoms with Gasteiger partial charge >= 0.3 is 0 Å². The molecule has 0 unspecified atom stereocenters. The van der Waals surface area contributed by atoms with Gasteiger partial charge < -0.3 is 16.0 Å². The Morgan fingerprint density at radius 2 is 1.81 bits per heavy atom. The third kappa shape index (κ3) is 4.15.